The number of hydrogen-bond donors (Lipinski definition) is 0. The Morgan fingerprint density at radius 1 is 1.24 bits per heavy atom. The molecule has 0 aliphatic heterocycles. The molecule has 0 saturated heterocycles. The van der Waals surface area contributed by atoms with Crippen molar-refractivity contribution in [3.63, 3.8) is 0 Å². The van der Waals surface area contributed by atoms with Gasteiger partial charge in [-0.2, -0.15) is 0 Å². The van der Waals surface area contributed by atoms with E-state index in [0.717, 1.165) is 11.8 Å². The average molecular weight is 256 g/mol. The molecule has 0 unspecified atom stereocenters. The van der Waals surface area contributed by atoms with Gasteiger partial charge < -0.3 is 4.74 Å². The topological polar surface area (TPSA) is 60.4 Å². The number of hydrogen-bond acceptors (Lipinski definition) is 4. The van der Waals surface area contributed by atoms with Crippen LogP contribution in [0, 0.1) is 0 Å². The van der Waals surface area contributed by atoms with Crippen molar-refractivity contribution in [1.29, 1.82) is 0 Å². The first-order valence-electron chi connectivity index (χ1n) is 5.27. The first-order chi connectivity index (χ1) is 7.79. The lowest BCUT2D eigenvalue weighted by Crippen LogP contribution is -2.13. The summed E-state index contributed by atoms with van der Waals surface area (Å²) in [5, 5.41) is 0. The number of esters is 1. The van der Waals surface area contributed by atoms with Crippen molar-refractivity contribution in [3.05, 3.63) is 29.8 Å². The van der Waals surface area contributed by atoms with E-state index in [1.165, 1.54) is 12.1 Å². The van der Waals surface area contributed by atoms with Gasteiger partial charge in [0.1, 0.15) is 0 Å². The molecule has 1 rings (SSSR count). The van der Waals surface area contributed by atoms with Gasteiger partial charge in [0.2, 0.25) is 0 Å². The minimum atomic E-state index is -3.18. The van der Waals surface area contributed by atoms with Gasteiger partial charge in [0.25, 0.3) is 0 Å². The third-order valence-corrected chi connectivity index (χ3v) is 3.20. The average Bonchev–Trinajstić information content (AvgIpc) is 2.15. The third kappa shape index (κ3) is 4.56. The van der Waals surface area contributed by atoms with Gasteiger partial charge in [-0.15, -0.1) is 0 Å². The molecule has 0 amide bonds. The maximum atomic E-state index is 11.4. The minimum absolute atomic E-state index is 0.141. The highest BCUT2D eigenvalue weighted by molar-refractivity contribution is 7.90. The largest absolute Gasteiger partial charge is 0.463 e. The van der Waals surface area contributed by atoms with E-state index in [1.54, 1.807) is 26.0 Å². The predicted octanol–water partition coefficient (Wildman–Crippen LogP) is 1.58. The van der Waals surface area contributed by atoms with Crippen molar-refractivity contribution < 1.29 is 17.9 Å². The van der Waals surface area contributed by atoms with Crippen LogP contribution in [0.15, 0.2) is 29.2 Å². The molecule has 0 saturated carbocycles. The van der Waals surface area contributed by atoms with Gasteiger partial charge in [0, 0.05) is 6.26 Å². The number of carbonyl (C=O) groups excluding carboxylic acids is 1. The second-order valence-corrected chi connectivity index (χ2v) is 6.15. The number of carbonyl (C=O) groups is 1. The van der Waals surface area contributed by atoms with Crippen LogP contribution in [0.1, 0.15) is 19.4 Å². The maximum absolute atomic E-state index is 11.4. The molecular weight excluding hydrogens is 240 g/mol. The first-order valence-corrected chi connectivity index (χ1v) is 7.16. The Balaban J connectivity index is 2.73. The lowest BCUT2D eigenvalue weighted by molar-refractivity contribution is -0.146. The molecule has 0 fully saturated rings. The fourth-order valence-corrected chi connectivity index (χ4v) is 1.96. The zero-order valence-electron chi connectivity index (χ0n) is 10.1. The van der Waals surface area contributed by atoms with Gasteiger partial charge in [-0.25, -0.2) is 8.42 Å². The van der Waals surface area contributed by atoms with E-state index in [2.05, 4.69) is 0 Å². The summed E-state index contributed by atoms with van der Waals surface area (Å²) in [7, 11) is -3.18. The van der Waals surface area contributed by atoms with E-state index in [1.807, 2.05) is 0 Å². The van der Waals surface area contributed by atoms with Crippen LogP contribution in [0.5, 0.6) is 0 Å². The van der Waals surface area contributed by atoms with Crippen molar-refractivity contribution in [2.45, 2.75) is 31.3 Å². The third-order valence-electron chi connectivity index (χ3n) is 2.07. The fourth-order valence-electron chi connectivity index (χ4n) is 1.33. The summed E-state index contributed by atoms with van der Waals surface area (Å²) in [5.41, 5.74) is 0.739. The van der Waals surface area contributed by atoms with Crippen LogP contribution in [-0.2, 0) is 25.8 Å². The van der Waals surface area contributed by atoms with Crippen LogP contribution in [0.3, 0.4) is 0 Å². The Labute approximate surface area is 102 Å². The highest BCUT2D eigenvalue weighted by atomic mass is 32.2. The standard InChI is InChI=1S/C12H16O4S/c1-9(2)16-12(13)8-10-4-6-11(7-5-10)17(3,14)15/h4-7,9H,8H2,1-3H3. The highest BCUT2D eigenvalue weighted by Crippen LogP contribution is 2.11. The molecule has 17 heavy (non-hydrogen) atoms. The molecule has 0 spiro atoms. The second-order valence-electron chi connectivity index (χ2n) is 4.13. The Morgan fingerprint density at radius 3 is 2.18 bits per heavy atom. The SMILES string of the molecule is CC(C)OC(=O)Cc1ccc(S(C)(=O)=O)cc1. The van der Waals surface area contributed by atoms with Gasteiger partial charge in [-0.3, -0.25) is 4.79 Å². The Hall–Kier alpha value is -1.36. The summed E-state index contributed by atoms with van der Waals surface area (Å²) >= 11 is 0. The summed E-state index contributed by atoms with van der Waals surface area (Å²) in [5.74, 6) is -0.313. The summed E-state index contributed by atoms with van der Waals surface area (Å²) < 4.78 is 27.4. The summed E-state index contributed by atoms with van der Waals surface area (Å²) in [4.78, 5) is 11.6. The monoisotopic (exact) mass is 256 g/mol. The predicted molar refractivity (Wildman–Crippen MR) is 64.5 cm³/mol. The number of benzene rings is 1. The quantitative estimate of drug-likeness (QED) is 0.767. The van der Waals surface area contributed by atoms with Crippen LogP contribution >= 0.6 is 0 Å². The lowest BCUT2D eigenvalue weighted by atomic mass is 10.1. The molecule has 0 bridgehead atoms. The summed E-state index contributed by atoms with van der Waals surface area (Å²) in [6.45, 7) is 3.56. The summed E-state index contributed by atoms with van der Waals surface area (Å²) in [6, 6.07) is 6.23. The molecule has 5 heteroatoms. The molecule has 0 aromatic heterocycles. The van der Waals surface area contributed by atoms with Gasteiger partial charge in [-0.05, 0) is 31.5 Å². The normalized spacial score (nSPS) is 11.5. The van der Waals surface area contributed by atoms with Gasteiger partial charge in [0.05, 0.1) is 17.4 Å². The number of sulfone groups is 1. The maximum Gasteiger partial charge on any atom is 0.310 e. The summed E-state index contributed by atoms with van der Waals surface area (Å²) in [6.07, 6.45) is 1.16. The van der Waals surface area contributed by atoms with Crippen molar-refractivity contribution in [1.82, 2.24) is 0 Å². The van der Waals surface area contributed by atoms with E-state index in [0.29, 0.717) is 0 Å². The molecule has 0 heterocycles. The molecule has 0 aliphatic rings. The zero-order chi connectivity index (χ0) is 13.1. The minimum Gasteiger partial charge on any atom is -0.463 e. The fraction of sp³-hybridized carbons (Fsp3) is 0.417. The van der Waals surface area contributed by atoms with Crippen LogP contribution in [0.2, 0.25) is 0 Å². The smallest absolute Gasteiger partial charge is 0.310 e. The van der Waals surface area contributed by atoms with Crippen LogP contribution in [0.25, 0.3) is 0 Å². The molecule has 94 valence electrons. The Morgan fingerprint density at radius 2 is 1.76 bits per heavy atom. The molecule has 0 atom stereocenters. The second kappa shape index (κ2) is 5.31. The Kier molecular flexibility index (Phi) is 4.28. The number of ether oxygens (including phenoxy) is 1. The van der Waals surface area contributed by atoms with Crippen molar-refractivity contribution in [3.8, 4) is 0 Å². The molecule has 0 radical (unpaired) electrons. The van der Waals surface area contributed by atoms with E-state index >= 15 is 0 Å². The molecule has 4 nitrogen and oxygen atoms in total. The van der Waals surface area contributed by atoms with Gasteiger partial charge in [0.15, 0.2) is 9.84 Å². The first kappa shape index (κ1) is 13.7. The van der Waals surface area contributed by atoms with E-state index in [-0.39, 0.29) is 23.4 Å². The van der Waals surface area contributed by atoms with Gasteiger partial charge >= 0.3 is 5.97 Å². The molecule has 0 N–H and O–H groups in total. The van der Waals surface area contributed by atoms with Crippen LogP contribution in [-0.4, -0.2) is 26.7 Å². The van der Waals surface area contributed by atoms with Crippen molar-refractivity contribution >= 4 is 15.8 Å². The van der Waals surface area contributed by atoms with E-state index < -0.39 is 9.84 Å². The highest BCUT2D eigenvalue weighted by Gasteiger charge is 2.09. The van der Waals surface area contributed by atoms with Crippen molar-refractivity contribution in [2.75, 3.05) is 6.26 Å². The molecule has 0 aliphatic carbocycles. The Bertz CT molecular complexity index is 486. The van der Waals surface area contributed by atoms with Crippen molar-refractivity contribution in [2.24, 2.45) is 0 Å². The lowest BCUT2D eigenvalue weighted by Gasteiger charge is -2.07. The van der Waals surface area contributed by atoms with Crippen LogP contribution < -0.4 is 0 Å². The van der Waals surface area contributed by atoms with E-state index in [4.69, 9.17) is 4.74 Å². The zero-order valence-corrected chi connectivity index (χ0v) is 11.0. The van der Waals surface area contributed by atoms with E-state index in [9.17, 15) is 13.2 Å². The number of rotatable bonds is 4. The molecular formula is C12H16O4S. The van der Waals surface area contributed by atoms with Gasteiger partial charge in [-0.1, -0.05) is 12.1 Å². The molecule has 1 aromatic carbocycles. The van der Waals surface area contributed by atoms with Crippen LogP contribution in [0.4, 0.5) is 0 Å². The molecule has 1 aromatic rings.